The Labute approximate surface area is 185 Å². The molecule has 1 fully saturated rings. The summed E-state index contributed by atoms with van der Waals surface area (Å²) in [5, 5.41) is 9.44. The Hall–Kier alpha value is -2.44. The van der Waals surface area contributed by atoms with Crippen molar-refractivity contribution in [2.45, 2.75) is 57.0 Å². The first kappa shape index (κ1) is 23.2. The van der Waals surface area contributed by atoms with E-state index in [1.165, 1.54) is 0 Å². The van der Waals surface area contributed by atoms with Gasteiger partial charge in [-0.3, -0.25) is 19.4 Å². The number of amidine groups is 1. The first-order chi connectivity index (χ1) is 14.8. The maximum Gasteiger partial charge on any atom is 0.263 e. The van der Waals surface area contributed by atoms with E-state index in [-0.39, 0.29) is 28.6 Å². The largest absolute Gasteiger partial charge is 0.338 e. The molecule has 1 aromatic carbocycles. The molecule has 0 aromatic heterocycles. The molecule has 8 nitrogen and oxygen atoms in total. The molecule has 0 saturated carbocycles. The van der Waals surface area contributed by atoms with E-state index in [0.29, 0.717) is 38.2 Å². The lowest BCUT2D eigenvalue weighted by Gasteiger charge is -2.38. The Morgan fingerprint density at radius 2 is 1.90 bits per heavy atom. The average Bonchev–Trinajstić information content (AvgIpc) is 3.01. The van der Waals surface area contributed by atoms with E-state index in [1.54, 1.807) is 29.2 Å². The summed E-state index contributed by atoms with van der Waals surface area (Å²) in [6, 6.07) is 8.27. The van der Waals surface area contributed by atoms with Crippen LogP contribution in [0.2, 0.25) is 0 Å². The number of nitriles is 1. The smallest absolute Gasteiger partial charge is 0.263 e. The van der Waals surface area contributed by atoms with Crippen molar-refractivity contribution in [1.29, 1.82) is 5.26 Å². The molecular weight excluding hydrogens is 414 g/mol. The van der Waals surface area contributed by atoms with Gasteiger partial charge in [-0.2, -0.15) is 5.26 Å². The van der Waals surface area contributed by atoms with Crippen LogP contribution in [0.1, 0.15) is 45.6 Å². The predicted molar refractivity (Wildman–Crippen MR) is 119 cm³/mol. The number of nitrogens with zero attached hydrogens (tertiary/aromatic N) is 4. The number of sulfonamides is 1. The standard InChI is InChI=1S/C22H31N5O3S/c1-4-5-9-18(24-21-17-8-6-7-10-20(17)31(29,30)25-21)22(28)27-13-11-26(12-14-27)19(15-23)16(2)3/h6-8,10,16,18-19H,4-5,9,11-14H2,1-3H3,(H,24,25). The lowest BCUT2D eigenvalue weighted by molar-refractivity contribution is -0.134. The van der Waals surface area contributed by atoms with Crippen LogP contribution in [0, 0.1) is 17.2 Å². The molecule has 3 rings (SSSR count). The lowest BCUT2D eigenvalue weighted by atomic mass is 10.0. The van der Waals surface area contributed by atoms with Gasteiger partial charge in [-0.05, 0) is 24.5 Å². The molecule has 1 saturated heterocycles. The summed E-state index contributed by atoms with van der Waals surface area (Å²) in [5.74, 6) is 0.390. The highest BCUT2D eigenvalue weighted by atomic mass is 32.2. The molecule has 1 aromatic rings. The fraction of sp³-hybridized carbons (Fsp3) is 0.591. The number of benzene rings is 1. The lowest BCUT2D eigenvalue weighted by Crippen LogP contribution is -2.54. The Kier molecular flexibility index (Phi) is 7.34. The van der Waals surface area contributed by atoms with Crippen LogP contribution in [0.3, 0.4) is 0 Å². The van der Waals surface area contributed by atoms with Crippen LogP contribution in [0.15, 0.2) is 34.2 Å². The van der Waals surface area contributed by atoms with E-state index < -0.39 is 16.1 Å². The van der Waals surface area contributed by atoms with Gasteiger partial charge in [-0.15, -0.1) is 0 Å². The van der Waals surface area contributed by atoms with Crippen molar-refractivity contribution in [3.63, 3.8) is 0 Å². The van der Waals surface area contributed by atoms with Gasteiger partial charge in [0.2, 0.25) is 5.91 Å². The maximum atomic E-state index is 13.3. The molecule has 168 valence electrons. The Bertz CT molecular complexity index is 975. The Morgan fingerprint density at radius 1 is 1.23 bits per heavy atom. The molecule has 2 atom stereocenters. The molecule has 2 aliphatic rings. The van der Waals surface area contributed by atoms with Crippen molar-refractivity contribution >= 4 is 21.8 Å². The molecule has 1 amide bonds. The zero-order chi connectivity index (χ0) is 22.6. The van der Waals surface area contributed by atoms with Crippen LogP contribution in [0.25, 0.3) is 0 Å². The summed E-state index contributed by atoms with van der Waals surface area (Å²) in [7, 11) is -3.64. The molecule has 2 unspecified atom stereocenters. The summed E-state index contributed by atoms with van der Waals surface area (Å²) < 4.78 is 27.3. The number of fused-ring (bicyclic) bond motifs is 1. The zero-order valence-corrected chi connectivity index (χ0v) is 19.2. The van der Waals surface area contributed by atoms with E-state index in [1.807, 2.05) is 13.8 Å². The zero-order valence-electron chi connectivity index (χ0n) is 18.4. The molecular formula is C22H31N5O3S. The molecule has 31 heavy (non-hydrogen) atoms. The number of hydrogen-bond donors (Lipinski definition) is 1. The number of hydrogen-bond acceptors (Lipinski definition) is 6. The predicted octanol–water partition coefficient (Wildman–Crippen LogP) is 1.98. The number of carbonyl (C=O) groups excluding carboxylic acids is 1. The minimum atomic E-state index is -3.64. The minimum Gasteiger partial charge on any atom is -0.338 e. The van der Waals surface area contributed by atoms with E-state index in [9.17, 15) is 18.5 Å². The van der Waals surface area contributed by atoms with Gasteiger partial charge in [0.15, 0.2) is 0 Å². The van der Waals surface area contributed by atoms with Crippen LogP contribution >= 0.6 is 0 Å². The first-order valence-electron chi connectivity index (χ1n) is 10.9. The second-order valence-electron chi connectivity index (χ2n) is 8.42. The molecule has 1 N–H and O–H groups in total. The van der Waals surface area contributed by atoms with E-state index in [0.717, 1.165) is 12.8 Å². The second kappa shape index (κ2) is 9.79. The maximum absolute atomic E-state index is 13.3. The summed E-state index contributed by atoms with van der Waals surface area (Å²) in [4.78, 5) is 22.0. The van der Waals surface area contributed by atoms with E-state index in [4.69, 9.17) is 0 Å². The van der Waals surface area contributed by atoms with Gasteiger partial charge in [0.25, 0.3) is 10.0 Å². The second-order valence-corrected chi connectivity index (χ2v) is 10.1. The Morgan fingerprint density at radius 3 is 2.52 bits per heavy atom. The molecule has 2 aliphatic heterocycles. The third kappa shape index (κ3) is 5.08. The van der Waals surface area contributed by atoms with Crippen molar-refractivity contribution in [2.75, 3.05) is 26.2 Å². The van der Waals surface area contributed by atoms with Crippen LogP contribution in [0.4, 0.5) is 0 Å². The fourth-order valence-electron chi connectivity index (χ4n) is 4.11. The summed E-state index contributed by atoms with van der Waals surface area (Å²) in [6.07, 6.45) is 2.31. The third-order valence-corrected chi connectivity index (χ3v) is 7.24. The fourth-order valence-corrected chi connectivity index (χ4v) is 5.35. The number of amides is 1. The van der Waals surface area contributed by atoms with Crippen molar-refractivity contribution in [1.82, 2.24) is 14.5 Å². The Balaban J connectivity index is 1.77. The molecule has 9 heteroatoms. The normalized spacial score (nSPS) is 21.4. The summed E-state index contributed by atoms with van der Waals surface area (Å²) in [5.41, 5.74) is 0.510. The number of nitrogens with one attached hydrogen (secondary N) is 1. The number of rotatable bonds is 7. The highest BCUT2D eigenvalue weighted by Gasteiger charge is 2.34. The quantitative estimate of drug-likeness (QED) is 0.691. The van der Waals surface area contributed by atoms with Crippen LogP contribution in [0.5, 0.6) is 0 Å². The summed E-state index contributed by atoms with van der Waals surface area (Å²) >= 11 is 0. The van der Waals surface area contributed by atoms with Crippen molar-refractivity contribution in [3.05, 3.63) is 29.8 Å². The molecule has 0 bridgehead atoms. The highest BCUT2D eigenvalue weighted by Crippen LogP contribution is 2.24. The molecule has 2 heterocycles. The number of carbonyl (C=O) groups is 1. The van der Waals surface area contributed by atoms with Gasteiger partial charge in [-0.25, -0.2) is 8.42 Å². The number of aliphatic imine (C=N–C) groups is 1. The van der Waals surface area contributed by atoms with Gasteiger partial charge < -0.3 is 4.90 Å². The van der Waals surface area contributed by atoms with Gasteiger partial charge >= 0.3 is 0 Å². The van der Waals surface area contributed by atoms with Gasteiger partial charge in [-0.1, -0.05) is 45.7 Å². The third-order valence-electron chi connectivity index (χ3n) is 5.85. The monoisotopic (exact) mass is 445 g/mol. The number of piperazine rings is 1. The highest BCUT2D eigenvalue weighted by molar-refractivity contribution is 7.90. The molecule has 0 aliphatic carbocycles. The topological polar surface area (TPSA) is 106 Å². The molecule has 0 spiro atoms. The van der Waals surface area contributed by atoms with Crippen molar-refractivity contribution in [2.24, 2.45) is 10.9 Å². The van der Waals surface area contributed by atoms with Gasteiger partial charge in [0.05, 0.1) is 11.0 Å². The number of unbranched alkanes of at least 4 members (excludes halogenated alkanes) is 1. The van der Waals surface area contributed by atoms with Crippen molar-refractivity contribution in [3.8, 4) is 6.07 Å². The van der Waals surface area contributed by atoms with Crippen LogP contribution in [-0.4, -0.2) is 68.2 Å². The van der Waals surface area contributed by atoms with Crippen LogP contribution in [-0.2, 0) is 14.8 Å². The summed E-state index contributed by atoms with van der Waals surface area (Å²) in [6.45, 7) is 8.49. The van der Waals surface area contributed by atoms with Crippen molar-refractivity contribution < 1.29 is 13.2 Å². The van der Waals surface area contributed by atoms with Crippen LogP contribution < -0.4 is 4.72 Å². The molecule has 0 radical (unpaired) electrons. The minimum absolute atomic E-state index is 0.0813. The SMILES string of the molecule is CCCCC(N=C1NS(=O)(=O)c2ccccc21)C(=O)N1CCN(C(C#N)C(C)C)CC1. The van der Waals surface area contributed by atoms with E-state index >= 15 is 0 Å². The average molecular weight is 446 g/mol. The first-order valence-corrected chi connectivity index (χ1v) is 12.4. The van der Waals surface area contributed by atoms with E-state index in [2.05, 4.69) is 27.6 Å². The van der Waals surface area contributed by atoms with Gasteiger partial charge in [0.1, 0.15) is 17.9 Å². The van der Waals surface area contributed by atoms with Gasteiger partial charge in [0, 0.05) is 31.7 Å².